The summed E-state index contributed by atoms with van der Waals surface area (Å²) in [7, 11) is 0. The van der Waals surface area contributed by atoms with E-state index in [-0.39, 0.29) is 60.4 Å². The lowest BCUT2D eigenvalue weighted by Gasteiger charge is -2.36. The maximum atomic E-state index is 13.8. The van der Waals surface area contributed by atoms with E-state index in [0.717, 1.165) is 27.4 Å². The van der Waals surface area contributed by atoms with Crippen LogP contribution in [0.3, 0.4) is 0 Å². The normalized spacial score (nSPS) is 18.0. The number of cyclic esters (lactones) is 2. The van der Waals surface area contributed by atoms with Gasteiger partial charge in [0.1, 0.15) is 36.5 Å². The quantitative estimate of drug-likeness (QED) is 0.0906. The van der Waals surface area contributed by atoms with Crippen molar-refractivity contribution in [3.05, 3.63) is 127 Å². The largest absolute Gasteiger partial charge is 0.481 e. The second-order valence-electron chi connectivity index (χ2n) is 22.6. The van der Waals surface area contributed by atoms with Gasteiger partial charge in [-0.25, -0.2) is 24.4 Å². The van der Waals surface area contributed by atoms with Gasteiger partial charge in [0.25, 0.3) is 11.1 Å². The van der Waals surface area contributed by atoms with Crippen LogP contribution in [0.4, 0.5) is 0 Å². The van der Waals surface area contributed by atoms with Crippen molar-refractivity contribution in [2.75, 3.05) is 0 Å². The van der Waals surface area contributed by atoms with E-state index >= 15 is 0 Å². The van der Waals surface area contributed by atoms with Gasteiger partial charge in [-0.3, -0.25) is 33.6 Å². The molecule has 0 radical (unpaired) electrons. The number of hydrogen-bond donors (Lipinski definition) is 3. The van der Waals surface area contributed by atoms with E-state index in [4.69, 9.17) is 49.2 Å². The molecule has 83 heavy (non-hydrogen) atoms. The molecule has 0 spiro atoms. The van der Waals surface area contributed by atoms with E-state index in [1.54, 1.807) is 72.1 Å². The Morgan fingerprint density at radius 1 is 0.651 bits per heavy atom. The van der Waals surface area contributed by atoms with Crippen LogP contribution in [0.15, 0.2) is 82.4 Å². The van der Waals surface area contributed by atoms with Crippen LogP contribution in [-0.2, 0) is 104 Å². The number of nitrogens with one attached hydrogen (secondary N) is 1. The lowest BCUT2D eigenvalue weighted by Crippen LogP contribution is -2.52. The number of nitrogens with zero attached hydrogens (tertiary/aromatic N) is 4. The molecule has 4 aliphatic heterocycles. The molecule has 2 unspecified atom stereocenters. The Morgan fingerprint density at radius 2 is 1.08 bits per heavy atom. The van der Waals surface area contributed by atoms with Crippen LogP contribution >= 0.6 is 0 Å². The highest BCUT2D eigenvalue weighted by Gasteiger charge is 2.53. The van der Waals surface area contributed by atoms with Crippen molar-refractivity contribution >= 4 is 69.5 Å². The SMILES string of the molecule is CC[C@@]1(OC(=O)C(CC(=O)OC(C)(C)C)NC(=O)CCC(=O)O)C(=O)OCc2c1cc1n(c2=O)Cc2cc3ccccc3nc2-1.CC[C@@]1(OC(=O)C(N)CC(=O)OC(C)(C)C)C(=O)OCc2c1cc1n(c2=O)Cc2cc3ccccc3nc2-1. The number of aromatic nitrogens is 4. The molecule has 4 aliphatic rings. The third-order valence-corrected chi connectivity index (χ3v) is 14.4. The molecule has 0 bridgehead atoms. The number of pyridine rings is 4. The van der Waals surface area contributed by atoms with Gasteiger partial charge in [0, 0.05) is 39.4 Å². The fourth-order valence-electron chi connectivity index (χ4n) is 10.5. The van der Waals surface area contributed by atoms with Crippen LogP contribution in [-0.4, -0.2) is 95.2 Å². The minimum atomic E-state index is -2.09. The molecule has 4 N–H and O–H groups in total. The van der Waals surface area contributed by atoms with Crippen LogP contribution in [0.2, 0.25) is 0 Å². The summed E-state index contributed by atoms with van der Waals surface area (Å²) in [4.78, 5) is 139. The van der Waals surface area contributed by atoms with E-state index in [1.807, 2.05) is 60.7 Å². The molecule has 0 fully saturated rings. The number of carbonyl (C=O) groups is 8. The number of benzene rings is 2. The van der Waals surface area contributed by atoms with E-state index in [1.165, 1.54) is 4.57 Å². The van der Waals surface area contributed by atoms with E-state index in [9.17, 15) is 47.9 Å². The first kappa shape index (κ1) is 58.5. The standard InChI is InChI=1S/C32H33N3O10.C28H29N3O7/c1-5-32(45-29(41)22(14-26(39)44-31(2,3)4)33-24(36)10-11-25(37)38)20-13-23-27-18(12-17-8-6-7-9-21(17)34-27)15-35(23)28(40)19(20)16-43-30(32)42;1-5-28(38-25(34)19(29)12-22(32)37-27(2,3)4)18-11-21-23-16(10-15-8-6-7-9-20(15)30-23)13-31(21)24(33)17(18)14-36-26(28)35/h6-9,12-13,22H,5,10-11,14-16H2,1-4H3,(H,33,36)(H,37,38);6-11,19H,5,12-14,29H2,1-4H3/t22?,32-;19?,28-/m00/s1. The number of ether oxygens (including phenoxy) is 6. The molecule has 2 aromatic carbocycles. The van der Waals surface area contributed by atoms with Gasteiger partial charge in [0.05, 0.1) is 77.3 Å². The maximum absolute atomic E-state index is 13.8. The van der Waals surface area contributed by atoms with E-state index in [0.29, 0.717) is 34.8 Å². The van der Waals surface area contributed by atoms with Gasteiger partial charge in [0.15, 0.2) is 0 Å². The Labute approximate surface area is 474 Å². The molecular weight excluding hydrogens is 1080 g/mol. The molecule has 0 saturated heterocycles. The summed E-state index contributed by atoms with van der Waals surface area (Å²) in [5.74, 6) is -7.45. The number of amides is 1. The van der Waals surface area contributed by atoms with Crippen LogP contribution in [0.25, 0.3) is 44.6 Å². The second kappa shape index (κ2) is 22.3. The predicted octanol–water partition coefficient (Wildman–Crippen LogP) is 5.40. The summed E-state index contributed by atoms with van der Waals surface area (Å²) >= 11 is 0. The number of carbonyl (C=O) groups excluding carboxylic acids is 7. The second-order valence-corrected chi connectivity index (χ2v) is 22.6. The van der Waals surface area contributed by atoms with Crippen molar-refractivity contribution < 1.29 is 71.9 Å². The van der Waals surface area contributed by atoms with E-state index in [2.05, 4.69) is 5.32 Å². The highest BCUT2D eigenvalue weighted by atomic mass is 16.6. The molecule has 4 aromatic heterocycles. The fourth-order valence-corrected chi connectivity index (χ4v) is 10.5. The van der Waals surface area contributed by atoms with Crippen LogP contribution in [0.1, 0.15) is 127 Å². The summed E-state index contributed by atoms with van der Waals surface area (Å²) in [5.41, 5.74) is 5.56. The lowest BCUT2D eigenvalue weighted by molar-refractivity contribution is -0.191. The third-order valence-electron chi connectivity index (χ3n) is 14.4. The van der Waals surface area contributed by atoms with Crippen LogP contribution < -0.4 is 22.2 Å². The fraction of sp³-hybridized carbons (Fsp3) is 0.400. The van der Waals surface area contributed by atoms with Gasteiger partial charge >= 0.3 is 41.8 Å². The van der Waals surface area contributed by atoms with Crippen molar-refractivity contribution in [1.29, 1.82) is 0 Å². The highest BCUT2D eigenvalue weighted by molar-refractivity contribution is 5.94. The Balaban J connectivity index is 0.000000202. The minimum Gasteiger partial charge on any atom is -0.481 e. The zero-order valence-electron chi connectivity index (χ0n) is 47.0. The van der Waals surface area contributed by atoms with Crippen LogP contribution in [0.5, 0.6) is 0 Å². The van der Waals surface area contributed by atoms with Gasteiger partial charge in [-0.2, -0.15) is 0 Å². The van der Waals surface area contributed by atoms with Gasteiger partial charge in [0.2, 0.25) is 17.1 Å². The van der Waals surface area contributed by atoms with Gasteiger partial charge < -0.3 is 53.7 Å². The number of fused-ring (bicyclic) bond motifs is 10. The first-order chi connectivity index (χ1) is 39.1. The molecule has 6 aromatic rings. The highest BCUT2D eigenvalue weighted by Crippen LogP contribution is 2.43. The molecule has 10 rings (SSSR count). The van der Waals surface area contributed by atoms with Crippen molar-refractivity contribution in [2.45, 2.75) is 155 Å². The summed E-state index contributed by atoms with van der Waals surface area (Å²) in [6, 6.07) is 19.4. The van der Waals surface area contributed by atoms with Gasteiger partial charge in [-0.15, -0.1) is 0 Å². The zero-order valence-corrected chi connectivity index (χ0v) is 47.0. The molecule has 23 heteroatoms. The molecular formula is C60H62N6O17. The molecule has 0 saturated carbocycles. The summed E-state index contributed by atoms with van der Waals surface area (Å²) in [6.45, 7) is 13.2. The van der Waals surface area contributed by atoms with E-state index < -0.39 is 113 Å². The van der Waals surface area contributed by atoms with Crippen LogP contribution in [0, 0.1) is 0 Å². The number of hydrogen-bond acceptors (Lipinski definition) is 19. The average Bonchev–Trinajstić information content (AvgIpc) is 4.05. The predicted molar refractivity (Wildman–Crippen MR) is 294 cm³/mol. The summed E-state index contributed by atoms with van der Waals surface area (Å²) < 4.78 is 35.9. The number of carboxylic acid groups (broad SMARTS) is 1. The Kier molecular flexibility index (Phi) is 15.7. The number of para-hydroxylation sites is 2. The van der Waals surface area contributed by atoms with Crippen molar-refractivity contribution in [1.82, 2.24) is 24.4 Å². The zero-order chi connectivity index (χ0) is 60.1. The van der Waals surface area contributed by atoms with Crippen molar-refractivity contribution in [3.63, 3.8) is 0 Å². The first-order valence-electron chi connectivity index (χ1n) is 27.0. The molecule has 434 valence electrons. The number of esters is 6. The molecule has 23 nitrogen and oxygen atoms in total. The number of aliphatic carboxylic acids is 1. The summed E-state index contributed by atoms with van der Waals surface area (Å²) in [6.07, 6.45) is -2.23. The molecule has 4 atom stereocenters. The minimum absolute atomic E-state index is 0.00930. The number of carboxylic acids is 1. The number of rotatable bonds is 14. The topological polar surface area (TPSA) is 320 Å². The molecule has 0 aliphatic carbocycles. The summed E-state index contributed by atoms with van der Waals surface area (Å²) in [5, 5.41) is 13.1. The molecule has 8 heterocycles. The smallest absolute Gasteiger partial charge is 0.355 e. The lowest BCUT2D eigenvalue weighted by atomic mass is 9.85. The van der Waals surface area contributed by atoms with Crippen molar-refractivity contribution in [2.24, 2.45) is 5.73 Å². The Morgan fingerprint density at radius 3 is 1.52 bits per heavy atom. The first-order valence-corrected chi connectivity index (χ1v) is 27.0. The molecule has 1 amide bonds. The number of nitrogens with two attached hydrogens (primary N) is 1. The van der Waals surface area contributed by atoms with Crippen molar-refractivity contribution in [3.8, 4) is 22.8 Å². The maximum Gasteiger partial charge on any atom is 0.355 e. The monoisotopic (exact) mass is 1140 g/mol. The van der Waals surface area contributed by atoms with Gasteiger partial charge in [-0.1, -0.05) is 50.2 Å². The third kappa shape index (κ3) is 11.6. The average molecular weight is 1140 g/mol. The Bertz CT molecular complexity index is 3850. The Hall–Kier alpha value is -9.12. The van der Waals surface area contributed by atoms with Gasteiger partial charge in [-0.05, 0) is 90.8 Å².